The molecule has 0 N–H and O–H groups in total. The van der Waals surface area contributed by atoms with E-state index in [9.17, 15) is 16.8 Å². The molecule has 0 aliphatic carbocycles. The van der Waals surface area contributed by atoms with Crippen molar-refractivity contribution >= 4 is 31.5 Å². The highest BCUT2D eigenvalue weighted by Gasteiger charge is 2.39. The van der Waals surface area contributed by atoms with E-state index in [2.05, 4.69) is 0 Å². The van der Waals surface area contributed by atoms with E-state index in [1.807, 2.05) is 6.92 Å². The summed E-state index contributed by atoms with van der Waals surface area (Å²) in [6.45, 7) is 2.02. The van der Waals surface area contributed by atoms with Crippen molar-refractivity contribution in [1.82, 2.24) is 4.31 Å². The van der Waals surface area contributed by atoms with Gasteiger partial charge in [0.25, 0.3) is 0 Å². The van der Waals surface area contributed by atoms with Crippen LogP contribution in [0.1, 0.15) is 12.0 Å². The fraction of sp³-hybridized carbons (Fsp3) is 0.294. The molecule has 2 aromatic rings. The molecule has 0 saturated carbocycles. The van der Waals surface area contributed by atoms with Gasteiger partial charge in [0.1, 0.15) is 0 Å². The van der Waals surface area contributed by atoms with Crippen molar-refractivity contribution < 1.29 is 16.8 Å². The molecule has 1 fully saturated rings. The van der Waals surface area contributed by atoms with Gasteiger partial charge in [-0.2, -0.15) is 4.31 Å². The first kappa shape index (κ1) is 18.4. The van der Waals surface area contributed by atoms with Gasteiger partial charge in [-0.1, -0.05) is 29.3 Å². The van der Waals surface area contributed by atoms with Crippen molar-refractivity contribution in [3.05, 3.63) is 59.1 Å². The summed E-state index contributed by atoms with van der Waals surface area (Å²) < 4.78 is 52.1. The van der Waals surface area contributed by atoms with Gasteiger partial charge in [0.05, 0.1) is 15.0 Å². The van der Waals surface area contributed by atoms with E-state index < -0.39 is 25.1 Å². The van der Waals surface area contributed by atoms with Crippen molar-refractivity contribution in [3.63, 3.8) is 0 Å². The predicted octanol–water partition coefficient (Wildman–Crippen LogP) is 2.89. The third kappa shape index (κ3) is 3.60. The molecule has 1 aliphatic heterocycles. The van der Waals surface area contributed by atoms with Crippen LogP contribution >= 0.6 is 11.6 Å². The summed E-state index contributed by atoms with van der Waals surface area (Å²) in [5.41, 5.74) is 0.962. The molecule has 0 bridgehead atoms. The molecular formula is C17H18ClNO4S2. The SMILES string of the molecule is Cc1ccc(S(=O)(=O)N2CCC(S(=O)(=O)c3ccc(Cl)cc3)C2)cc1. The van der Waals surface area contributed by atoms with Crippen LogP contribution in [0.25, 0.3) is 0 Å². The minimum absolute atomic E-state index is 0.0405. The van der Waals surface area contributed by atoms with E-state index in [0.717, 1.165) is 5.56 Å². The lowest BCUT2D eigenvalue weighted by molar-refractivity contribution is 0.476. The van der Waals surface area contributed by atoms with Gasteiger partial charge in [0, 0.05) is 18.1 Å². The smallest absolute Gasteiger partial charge is 0.223 e. The van der Waals surface area contributed by atoms with Crippen LogP contribution in [-0.2, 0) is 19.9 Å². The average molecular weight is 400 g/mol. The van der Waals surface area contributed by atoms with Gasteiger partial charge < -0.3 is 0 Å². The van der Waals surface area contributed by atoms with Crippen LogP contribution < -0.4 is 0 Å². The Morgan fingerprint density at radius 2 is 1.48 bits per heavy atom. The third-order valence-corrected chi connectivity index (χ3v) is 8.67. The Hall–Kier alpha value is -1.41. The summed E-state index contributed by atoms with van der Waals surface area (Å²) in [7, 11) is -7.29. The first-order valence-electron chi connectivity index (χ1n) is 7.77. The summed E-state index contributed by atoms with van der Waals surface area (Å²) in [4.78, 5) is 0.346. The van der Waals surface area contributed by atoms with Gasteiger partial charge in [0.2, 0.25) is 10.0 Å². The van der Waals surface area contributed by atoms with Crippen LogP contribution in [0.3, 0.4) is 0 Å². The van der Waals surface area contributed by atoms with Crippen LogP contribution in [0.2, 0.25) is 5.02 Å². The molecule has 1 aliphatic rings. The number of sulfone groups is 1. The molecule has 1 saturated heterocycles. The van der Waals surface area contributed by atoms with Gasteiger partial charge in [-0.3, -0.25) is 0 Å². The molecule has 1 unspecified atom stereocenters. The molecule has 0 spiro atoms. The predicted molar refractivity (Wildman–Crippen MR) is 97.0 cm³/mol. The normalized spacial score (nSPS) is 19.2. The first-order valence-corrected chi connectivity index (χ1v) is 11.1. The van der Waals surface area contributed by atoms with Crippen molar-refractivity contribution in [2.75, 3.05) is 13.1 Å². The number of benzene rings is 2. The van der Waals surface area contributed by atoms with E-state index in [0.29, 0.717) is 5.02 Å². The van der Waals surface area contributed by atoms with Crippen molar-refractivity contribution in [3.8, 4) is 0 Å². The standard InChI is InChI=1S/C17H18ClNO4S2/c1-13-2-6-16(7-3-13)25(22,23)19-11-10-17(12-19)24(20,21)15-8-4-14(18)5-9-15/h2-9,17H,10-12H2,1H3. The topological polar surface area (TPSA) is 71.5 Å². The van der Waals surface area contributed by atoms with Crippen LogP contribution in [-0.4, -0.2) is 39.5 Å². The third-order valence-electron chi connectivity index (χ3n) is 4.35. The molecule has 1 heterocycles. The Morgan fingerprint density at radius 3 is 2.08 bits per heavy atom. The van der Waals surface area contributed by atoms with Gasteiger partial charge in [0.15, 0.2) is 9.84 Å². The summed E-state index contributed by atoms with van der Waals surface area (Å²) in [6, 6.07) is 12.5. The minimum Gasteiger partial charge on any atom is -0.223 e. The largest absolute Gasteiger partial charge is 0.243 e. The zero-order valence-electron chi connectivity index (χ0n) is 13.6. The molecule has 3 rings (SSSR count). The van der Waals surface area contributed by atoms with E-state index in [4.69, 9.17) is 11.6 Å². The number of rotatable bonds is 4. The molecule has 134 valence electrons. The van der Waals surface area contributed by atoms with E-state index in [1.165, 1.54) is 28.6 Å². The van der Waals surface area contributed by atoms with Gasteiger partial charge in [-0.05, 0) is 49.7 Å². The molecule has 0 amide bonds. The molecule has 8 heteroatoms. The lowest BCUT2D eigenvalue weighted by Gasteiger charge is -2.17. The second kappa shape index (κ2) is 6.72. The Balaban J connectivity index is 1.83. The number of aryl methyl sites for hydroxylation is 1. The maximum atomic E-state index is 12.7. The Bertz CT molecular complexity index is 887. The Morgan fingerprint density at radius 1 is 0.920 bits per heavy atom. The van der Waals surface area contributed by atoms with Crippen LogP contribution in [0, 0.1) is 6.92 Å². The van der Waals surface area contributed by atoms with Crippen molar-refractivity contribution in [2.24, 2.45) is 0 Å². The molecule has 25 heavy (non-hydrogen) atoms. The van der Waals surface area contributed by atoms with Gasteiger partial charge >= 0.3 is 0 Å². The summed E-state index contributed by atoms with van der Waals surface area (Å²) in [6.07, 6.45) is 0.274. The van der Waals surface area contributed by atoms with Crippen molar-refractivity contribution in [2.45, 2.75) is 28.4 Å². The van der Waals surface area contributed by atoms with Gasteiger partial charge in [-0.25, -0.2) is 16.8 Å². The van der Waals surface area contributed by atoms with E-state index in [-0.39, 0.29) is 29.3 Å². The van der Waals surface area contributed by atoms with E-state index in [1.54, 1.807) is 24.3 Å². The Kier molecular flexibility index (Phi) is 4.94. The zero-order chi connectivity index (χ0) is 18.2. The van der Waals surface area contributed by atoms with Gasteiger partial charge in [-0.15, -0.1) is 0 Å². The fourth-order valence-corrected chi connectivity index (χ4v) is 6.26. The maximum absolute atomic E-state index is 12.7. The second-order valence-corrected chi connectivity index (χ2v) is 10.7. The molecule has 1 atom stereocenters. The molecular weight excluding hydrogens is 382 g/mol. The number of halogens is 1. The van der Waals surface area contributed by atoms with Crippen LogP contribution in [0.5, 0.6) is 0 Å². The molecule has 2 aromatic carbocycles. The lowest BCUT2D eigenvalue weighted by Crippen LogP contribution is -2.32. The summed E-state index contributed by atoms with van der Waals surface area (Å²) >= 11 is 5.80. The van der Waals surface area contributed by atoms with Crippen LogP contribution in [0.4, 0.5) is 0 Å². The number of nitrogens with zero attached hydrogens (tertiary/aromatic N) is 1. The molecule has 0 radical (unpaired) electrons. The number of sulfonamides is 1. The quantitative estimate of drug-likeness (QED) is 0.792. The number of hydrogen-bond donors (Lipinski definition) is 0. The average Bonchev–Trinajstić information content (AvgIpc) is 3.07. The maximum Gasteiger partial charge on any atom is 0.243 e. The molecule has 5 nitrogen and oxygen atoms in total. The molecule has 0 aromatic heterocycles. The minimum atomic E-state index is -3.69. The highest BCUT2D eigenvalue weighted by Crippen LogP contribution is 2.28. The second-order valence-electron chi connectivity index (χ2n) is 6.09. The number of hydrogen-bond acceptors (Lipinski definition) is 4. The Labute approximate surface area is 153 Å². The van der Waals surface area contributed by atoms with E-state index >= 15 is 0 Å². The first-order chi connectivity index (χ1) is 11.7. The summed E-state index contributed by atoms with van der Waals surface area (Å²) in [5.74, 6) is 0. The van der Waals surface area contributed by atoms with Crippen molar-refractivity contribution in [1.29, 1.82) is 0 Å². The lowest BCUT2D eigenvalue weighted by atomic mass is 10.2. The highest BCUT2D eigenvalue weighted by atomic mass is 35.5. The zero-order valence-corrected chi connectivity index (χ0v) is 16.0. The monoisotopic (exact) mass is 399 g/mol. The fourth-order valence-electron chi connectivity index (χ4n) is 2.85. The van der Waals surface area contributed by atoms with Crippen LogP contribution in [0.15, 0.2) is 58.3 Å². The highest BCUT2D eigenvalue weighted by molar-refractivity contribution is 7.92. The summed E-state index contributed by atoms with van der Waals surface area (Å²) in [5, 5.41) is -0.303.